The Morgan fingerprint density at radius 2 is 1.77 bits per heavy atom. The maximum atomic E-state index is 6.12. The quantitative estimate of drug-likeness (QED) is 0.828. The van der Waals surface area contributed by atoms with Crippen molar-refractivity contribution >= 4 is 28.7 Å². The van der Waals surface area contributed by atoms with Crippen molar-refractivity contribution in [1.82, 2.24) is 5.01 Å². The molecule has 0 atom stereocenters. The third-order valence-electron chi connectivity index (χ3n) is 3.77. The predicted molar refractivity (Wildman–Crippen MR) is 91.4 cm³/mol. The molecule has 22 heavy (non-hydrogen) atoms. The molecule has 4 rings (SSSR count). The standard InChI is InChI=1S/C18H14ClN3/c19-15-8-4-7-14(11-15)17-12-16(13-5-2-1-3-6-13)18-20-9-10-22(18)21-17/h1-8,11-12H,9-10H2. The van der Waals surface area contributed by atoms with Crippen molar-refractivity contribution in [2.24, 2.45) is 10.1 Å². The summed E-state index contributed by atoms with van der Waals surface area (Å²) in [6, 6.07) is 18.1. The summed E-state index contributed by atoms with van der Waals surface area (Å²) in [5.41, 5.74) is 4.21. The number of amidine groups is 1. The minimum absolute atomic E-state index is 0.718. The first kappa shape index (κ1) is 13.3. The molecule has 0 radical (unpaired) electrons. The number of benzene rings is 2. The molecule has 0 spiro atoms. The molecule has 3 nitrogen and oxygen atoms in total. The first-order valence-corrected chi connectivity index (χ1v) is 7.63. The lowest BCUT2D eigenvalue weighted by Crippen LogP contribution is -2.28. The predicted octanol–water partition coefficient (Wildman–Crippen LogP) is 3.86. The number of rotatable bonds is 2. The third kappa shape index (κ3) is 2.34. The largest absolute Gasteiger partial charge is 0.265 e. The molecule has 2 aliphatic rings. The van der Waals surface area contributed by atoms with Gasteiger partial charge in [0.1, 0.15) is 0 Å². The average molecular weight is 308 g/mol. The third-order valence-corrected chi connectivity index (χ3v) is 4.01. The van der Waals surface area contributed by atoms with Gasteiger partial charge < -0.3 is 0 Å². The normalized spacial score (nSPS) is 16.8. The van der Waals surface area contributed by atoms with E-state index in [1.807, 2.05) is 47.5 Å². The summed E-state index contributed by atoms with van der Waals surface area (Å²) >= 11 is 6.12. The van der Waals surface area contributed by atoms with Crippen molar-refractivity contribution < 1.29 is 0 Å². The lowest BCUT2D eigenvalue weighted by Gasteiger charge is -2.23. The Balaban J connectivity index is 1.83. The monoisotopic (exact) mass is 307 g/mol. The molecule has 0 saturated heterocycles. The molecule has 0 bridgehead atoms. The molecule has 2 aliphatic heterocycles. The molecule has 108 valence electrons. The summed E-state index contributed by atoms with van der Waals surface area (Å²) in [6.45, 7) is 1.61. The minimum atomic E-state index is 0.718. The van der Waals surface area contributed by atoms with Gasteiger partial charge in [-0.25, -0.2) is 5.01 Å². The first-order valence-electron chi connectivity index (χ1n) is 7.25. The summed E-state index contributed by atoms with van der Waals surface area (Å²) in [5, 5.41) is 7.42. The zero-order valence-electron chi connectivity index (χ0n) is 11.9. The van der Waals surface area contributed by atoms with E-state index in [9.17, 15) is 0 Å². The summed E-state index contributed by atoms with van der Waals surface area (Å²) in [6.07, 6.45) is 2.10. The Morgan fingerprint density at radius 1 is 0.955 bits per heavy atom. The van der Waals surface area contributed by atoms with Gasteiger partial charge in [-0.2, -0.15) is 5.10 Å². The van der Waals surface area contributed by atoms with E-state index in [4.69, 9.17) is 16.7 Å². The van der Waals surface area contributed by atoms with Crippen LogP contribution in [0.2, 0.25) is 5.02 Å². The molecule has 0 saturated carbocycles. The molecular weight excluding hydrogens is 294 g/mol. The lowest BCUT2D eigenvalue weighted by atomic mass is 9.99. The van der Waals surface area contributed by atoms with Crippen LogP contribution in [-0.4, -0.2) is 29.6 Å². The van der Waals surface area contributed by atoms with Crippen molar-refractivity contribution in [3.63, 3.8) is 0 Å². The van der Waals surface area contributed by atoms with E-state index >= 15 is 0 Å². The van der Waals surface area contributed by atoms with Gasteiger partial charge in [-0.1, -0.05) is 54.1 Å². The highest BCUT2D eigenvalue weighted by atomic mass is 35.5. The molecule has 2 aromatic rings. The maximum Gasteiger partial charge on any atom is 0.152 e. The van der Waals surface area contributed by atoms with E-state index in [1.165, 1.54) is 0 Å². The van der Waals surface area contributed by atoms with Gasteiger partial charge in [0.15, 0.2) is 5.84 Å². The fourth-order valence-electron chi connectivity index (χ4n) is 2.74. The van der Waals surface area contributed by atoms with Crippen molar-refractivity contribution in [1.29, 1.82) is 0 Å². The van der Waals surface area contributed by atoms with E-state index in [1.54, 1.807) is 0 Å². The van der Waals surface area contributed by atoms with E-state index in [0.717, 1.165) is 46.4 Å². The van der Waals surface area contributed by atoms with E-state index in [2.05, 4.69) is 23.2 Å². The average Bonchev–Trinajstić information content (AvgIpc) is 3.03. The Hall–Kier alpha value is -2.39. The van der Waals surface area contributed by atoms with Gasteiger partial charge in [0, 0.05) is 16.2 Å². The summed E-state index contributed by atoms with van der Waals surface area (Å²) in [4.78, 5) is 4.60. The molecule has 4 heteroatoms. The van der Waals surface area contributed by atoms with Crippen LogP contribution in [0.1, 0.15) is 11.1 Å². The molecule has 0 fully saturated rings. The fourth-order valence-corrected chi connectivity index (χ4v) is 2.93. The Bertz CT molecular complexity index is 806. The Labute approximate surface area is 134 Å². The first-order chi connectivity index (χ1) is 10.8. The number of hydrogen-bond acceptors (Lipinski definition) is 3. The van der Waals surface area contributed by atoms with Crippen molar-refractivity contribution in [2.75, 3.05) is 13.1 Å². The number of fused-ring (bicyclic) bond motifs is 1. The van der Waals surface area contributed by atoms with Gasteiger partial charge in [-0.3, -0.25) is 4.99 Å². The van der Waals surface area contributed by atoms with Crippen LogP contribution in [-0.2, 0) is 0 Å². The van der Waals surface area contributed by atoms with E-state index < -0.39 is 0 Å². The van der Waals surface area contributed by atoms with Crippen LogP contribution in [0.5, 0.6) is 0 Å². The summed E-state index contributed by atoms with van der Waals surface area (Å²) in [7, 11) is 0. The summed E-state index contributed by atoms with van der Waals surface area (Å²) in [5.74, 6) is 0.956. The zero-order chi connectivity index (χ0) is 14.9. The number of allylic oxidation sites excluding steroid dienone is 1. The molecule has 0 aromatic heterocycles. The number of aliphatic imine (C=N–C) groups is 1. The maximum absolute atomic E-state index is 6.12. The van der Waals surface area contributed by atoms with Crippen LogP contribution in [0, 0.1) is 0 Å². The van der Waals surface area contributed by atoms with Gasteiger partial charge in [0.05, 0.1) is 18.8 Å². The Morgan fingerprint density at radius 3 is 2.59 bits per heavy atom. The van der Waals surface area contributed by atoms with Crippen LogP contribution >= 0.6 is 11.6 Å². The molecular formula is C18H14ClN3. The van der Waals surface area contributed by atoms with Gasteiger partial charge >= 0.3 is 0 Å². The molecule has 0 amide bonds. The lowest BCUT2D eigenvalue weighted by molar-refractivity contribution is 0.491. The SMILES string of the molecule is Clc1cccc(C2=NN3CCN=C3C(c3ccccc3)=C2)c1. The second-order valence-electron chi connectivity index (χ2n) is 5.25. The molecule has 0 aliphatic carbocycles. The van der Waals surface area contributed by atoms with E-state index in [0.29, 0.717) is 0 Å². The molecule has 0 unspecified atom stereocenters. The second kappa shape index (κ2) is 5.43. The van der Waals surface area contributed by atoms with Crippen molar-refractivity contribution in [2.45, 2.75) is 0 Å². The Kier molecular flexibility index (Phi) is 3.28. The highest BCUT2D eigenvalue weighted by Gasteiger charge is 2.26. The van der Waals surface area contributed by atoms with Crippen molar-refractivity contribution in [3.8, 4) is 0 Å². The number of halogens is 1. The topological polar surface area (TPSA) is 28.0 Å². The van der Waals surface area contributed by atoms with Gasteiger partial charge in [0.25, 0.3) is 0 Å². The van der Waals surface area contributed by atoms with Gasteiger partial charge in [0.2, 0.25) is 0 Å². The van der Waals surface area contributed by atoms with Gasteiger partial charge in [-0.05, 0) is 23.8 Å². The second-order valence-corrected chi connectivity index (χ2v) is 5.68. The van der Waals surface area contributed by atoms with Crippen LogP contribution in [0.15, 0.2) is 70.8 Å². The highest BCUT2D eigenvalue weighted by molar-refractivity contribution is 6.33. The minimum Gasteiger partial charge on any atom is -0.265 e. The fraction of sp³-hybridized carbons (Fsp3) is 0.111. The zero-order valence-corrected chi connectivity index (χ0v) is 12.7. The smallest absolute Gasteiger partial charge is 0.152 e. The van der Waals surface area contributed by atoms with Crippen LogP contribution in [0.4, 0.5) is 0 Å². The highest BCUT2D eigenvalue weighted by Crippen LogP contribution is 2.27. The van der Waals surface area contributed by atoms with Gasteiger partial charge in [-0.15, -0.1) is 0 Å². The molecule has 2 heterocycles. The van der Waals surface area contributed by atoms with E-state index in [-0.39, 0.29) is 0 Å². The van der Waals surface area contributed by atoms with Crippen LogP contribution in [0.3, 0.4) is 0 Å². The summed E-state index contributed by atoms with van der Waals surface area (Å²) < 4.78 is 0. The number of nitrogens with zero attached hydrogens (tertiary/aromatic N) is 3. The van der Waals surface area contributed by atoms with Crippen molar-refractivity contribution in [3.05, 3.63) is 76.8 Å². The van der Waals surface area contributed by atoms with Crippen LogP contribution in [0.25, 0.3) is 5.57 Å². The number of hydrazone groups is 1. The molecule has 0 N–H and O–H groups in total. The molecule has 2 aromatic carbocycles. The van der Waals surface area contributed by atoms with Crippen LogP contribution < -0.4 is 0 Å². The number of hydrogen-bond donors (Lipinski definition) is 0.